The smallest absolute Gasteiger partial charge is 0.459 e. The normalized spacial score (nSPS) is 15.0. The van der Waals surface area contributed by atoms with E-state index >= 15 is 0 Å². The van der Waals surface area contributed by atoms with Gasteiger partial charge in [-0.1, -0.05) is 6.58 Å². The molecule has 0 aromatic rings. The topological polar surface area (TPSA) is 75.7 Å². The summed E-state index contributed by atoms with van der Waals surface area (Å²) in [6.45, 7) is 2.24. The molecule has 0 rings (SSSR count). The van der Waals surface area contributed by atoms with Crippen molar-refractivity contribution in [3.63, 3.8) is 0 Å². The Kier molecular flexibility index (Phi) is 5.11. The largest absolute Gasteiger partial charge is 0.478 e. The molecule has 12 heteroatoms. The number of carbonyl (C=O) groups is 1. The summed E-state index contributed by atoms with van der Waals surface area (Å²) in [6, 6.07) is 0. The minimum Gasteiger partial charge on any atom is -0.478 e. The SMILES string of the molecule is C=C(N=C/C(C(=O)O)=C(\N)C(F)(F)F)C(F)(F)C(F)(F)F. The van der Waals surface area contributed by atoms with Crippen LogP contribution in [-0.4, -0.2) is 35.6 Å². The molecule has 0 heterocycles. The van der Waals surface area contributed by atoms with Crippen molar-refractivity contribution < 1.29 is 45.0 Å². The summed E-state index contributed by atoms with van der Waals surface area (Å²) in [7, 11) is 0. The number of nitrogens with two attached hydrogens (primary N) is 1. The highest BCUT2D eigenvalue weighted by Crippen LogP contribution is 2.40. The van der Waals surface area contributed by atoms with E-state index in [-0.39, 0.29) is 6.21 Å². The van der Waals surface area contributed by atoms with Gasteiger partial charge in [0, 0.05) is 6.21 Å². The van der Waals surface area contributed by atoms with Crippen molar-refractivity contribution in [2.45, 2.75) is 18.3 Å². The molecular weight excluding hydrogens is 320 g/mol. The lowest BCUT2D eigenvalue weighted by atomic mass is 10.2. The lowest BCUT2D eigenvalue weighted by Gasteiger charge is -2.18. The van der Waals surface area contributed by atoms with Gasteiger partial charge in [-0.3, -0.25) is 4.99 Å². The summed E-state index contributed by atoms with van der Waals surface area (Å²) in [6.07, 6.45) is -11.8. The van der Waals surface area contributed by atoms with E-state index < -0.39 is 41.2 Å². The molecule has 3 N–H and O–H groups in total. The molecule has 0 aromatic carbocycles. The minimum absolute atomic E-state index is 0.382. The van der Waals surface area contributed by atoms with Crippen LogP contribution in [0.1, 0.15) is 0 Å². The molecule has 0 saturated heterocycles. The van der Waals surface area contributed by atoms with Crippen LogP contribution in [-0.2, 0) is 4.79 Å². The molecule has 0 unspecified atom stereocenters. The molecular formula is C9H6F8N2O2. The van der Waals surface area contributed by atoms with E-state index in [4.69, 9.17) is 5.11 Å². The monoisotopic (exact) mass is 326 g/mol. The number of hydrogen-bond acceptors (Lipinski definition) is 3. The maximum absolute atomic E-state index is 12.7. The fourth-order valence-electron chi connectivity index (χ4n) is 0.780. The van der Waals surface area contributed by atoms with E-state index in [0.717, 1.165) is 0 Å². The predicted molar refractivity (Wildman–Crippen MR) is 53.5 cm³/mol. The van der Waals surface area contributed by atoms with Crippen LogP contribution < -0.4 is 5.73 Å². The summed E-state index contributed by atoms with van der Waals surface area (Å²) in [4.78, 5) is 12.8. The number of hydrogen-bond donors (Lipinski definition) is 2. The van der Waals surface area contributed by atoms with Gasteiger partial charge in [0.1, 0.15) is 17.0 Å². The van der Waals surface area contributed by atoms with Crippen LogP contribution in [0, 0.1) is 0 Å². The number of carboxylic acid groups (broad SMARTS) is 1. The summed E-state index contributed by atoms with van der Waals surface area (Å²) < 4.78 is 97.4. The molecule has 120 valence electrons. The van der Waals surface area contributed by atoms with Gasteiger partial charge in [-0.2, -0.15) is 35.1 Å². The maximum atomic E-state index is 12.7. The van der Waals surface area contributed by atoms with Crippen molar-refractivity contribution in [2.24, 2.45) is 10.7 Å². The summed E-state index contributed by atoms with van der Waals surface area (Å²) in [5, 5.41) is 8.41. The molecule has 4 nitrogen and oxygen atoms in total. The Balaban J connectivity index is 5.62. The van der Waals surface area contributed by atoms with E-state index in [9.17, 15) is 39.9 Å². The number of allylic oxidation sites excluding steroid dienone is 2. The summed E-state index contributed by atoms with van der Waals surface area (Å²) >= 11 is 0. The summed E-state index contributed by atoms with van der Waals surface area (Å²) in [5.74, 6) is -7.86. The van der Waals surface area contributed by atoms with E-state index in [0.29, 0.717) is 0 Å². The molecule has 0 fully saturated rings. The molecule has 0 saturated carbocycles. The number of halogens is 8. The van der Waals surface area contributed by atoms with Crippen molar-refractivity contribution in [1.82, 2.24) is 0 Å². The fourth-order valence-corrected chi connectivity index (χ4v) is 0.780. The van der Waals surface area contributed by atoms with Crippen molar-refractivity contribution in [3.8, 4) is 0 Å². The van der Waals surface area contributed by atoms with E-state index in [1.54, 1.807) is 0 Å². The van der Waals surface area contributed by atoms with Crippen LogP contribution in [0.5, 0.6) is 0 Å². The lowest BCUT2D eigenvalue weighted by molar-refractivity contribution is -0.264. The van der Waals surface area contributed by atoms with Gasteiger partial charge in [-0.05, 0) is 0 Å². The van der Waals surface area contributed by atoms with E-state index in [2.05, 4.69) is 17.3 Å². The number of nitrogens with zero attached hydrogens (tertiary/aromatic N) is 1. The average Bonchev–Trinajstić information content (AvgIpc) is 2.25. The van der Waals surface area contributed by atoms with Crippen molar-refractivity contribution in [1.29, 1.82) is 0 Å². The molecule has 0 aliphatic heterocycles. The second kappa shape index (κ2) is 5.69. The molecule has 0 radical (unpaired) electrons. The van der Waals surface area contributed by atoms with Gasteiger partial charge in [-0.25, -0.2) is 4.79 Å². The fraction of sp³-hybridized carbons (Fsp3) is 0.333. The van der Waals surface area contributed by atoms with Gasteiger partial charge in [0.15, 0.2) is 0 Å². The molecule has 0 aliphatic carbocycles. The van der Waals surface area contributed by atoms with Gasteiger partial charge in [0.05, 0.1) is 0 Å². The first-order chi connectivity index (χ1) is 9.12. The number of alkyl halides is 8. The zero-order valence-electron chi connectivity index (χ0n) is 9.69. The zero-order chi connectivity index (χ0) is 17.2. The Labute approximate surface area is 111 Å². The van der Waals surface area contributed by atoms with Crippen LogP contribution in [0.4, 0.5) is 35.1 Å². The predicted octanol–water partition coefficient (Wildman–Crippen LogP) is 2.63. The van der Waals surface area contributed by atoms with E-state index in [1.807, 2.05) is 0 Å². The van der Waals surface area contributed by atoms with Crippen LogP contribution in [0.2, 0.25) is 0 Å². The standard InChI is InChI=1S/C9H6F8N2O2/c1-3(7(10,11)9(15,16)17)19-2-4(6(20)21)5(18)8(12,13)14/h2H,1,18H2,(H,20,21)/b5-4+,19-2?. The van der Waals surface area contributed by atoms with Crippen molar-refractivity contribution >= 4 is 12.2 Å². The molecule has 0 bridgehead atoms. The Morgan fingerprint density at radius 2 is 1.52 bits per heavy atom. The van der Waals surface area contributed by atoms with E-state index in [1.165, 1.54) is 0 Å². The number of aliphatic imine (C=N–C) groups is 1. The van der Waals surface area contributed by atoms with Crippen LogP contribution in [0.25, 0.3) is 0 Å². The third-order valence-electron chi connectivity index (χ3n) is 1.89. The Morgan fingerprint density at radius 3 is 1.81 bits per heavy atom. The van der Waals surface area contributed by atoms with Gasteiger partial charge in [-0.15, -0.1) is 0 Å². The zero-order valence-corrected chi connectivity index (χ0v) is 9.69. The molecule has 21 heavy (non-hydrogen) atoms. The van der Waals surface area contributed by atoms with Gasteiger partial charge < -0.3 is 10.8 Å². The Hall–Kier alpha value is -2.14. The van der Waals surface area contributed by atoms with Gasteiger partial charge in [0.25, 0.3) is 0 Å². The van der Waals surface area contributed by atoms with Crippen LogP contribution in [0.15, 0.2) is 28.5 Å². The highest BCUT2D eigenvalue weighted by molar-refractivity contribution is 6.09. The lowest BCUT2D eigenvalue weighted by Crippen LogP contribution is -2.37. The average molecular weight is 326 g/mol. The molecule has 0 aliphatic rings. The maximum Gasteiger partial charge on any atom is 0.459 e. The number of rotatable bonds is 4. The second-order valence-electron chi connectivity index (χ2n) is 3.41. The van der Waals surface area contributed by atoms with Crippen LogP contribution >= 0.6 is 0 Å². The first-order valence-corrected chi connectivity index (χ1v) is 4.60. The third-order valence-corrected chi connectivity index (χ3v) is 1.89. The summed E-state index contributed by atoms with van der Waals surface area (Å²) in [5.41, 5.74) is -1.80. The highest BCUT2D eigenvalue weighted by atomic mass is 19.4. The van der Waals surface area contributed by atoms with Crippen molar-refractivity contribution in [3.05, 3.63) is 23.5 Å². The molecule has 0 spiro atoms. The van der Waals surface area contributed by atoms with Gasteiger partial charge >= 0.3 is 24.2 Å². The molecule has 0 amide bonds. The van der Waals surface area contributed by atoms with Crippen LogP contribution in [0.3, 0.4) is 0 Å². The highest BCUT2D eigenvalue weighted by Gasteiger charge is 2.59. The number of aliphatic carboxylic acids is 1. The molecule has 0 atom stereocenters. The Bertz CT molecular complexity index is 501. The third kappa shape index (κ3) is 4.43. The second-order valence-corrected chi connectivity index (χ2v) is 3.41. The quantitative estimate of drug-likeness (QED) is 0.474. The van der Waals surface area contributed by atoms with Gasteiger partial charge in [0.2, 0.25) is 0 Å². The minimum atomic E-state index is -6.09. The Morgan fingerprint density at radius 1 is 1.10 bits per heavy atom. The first kappa shape index (κ1) is 18.9. The van der Waals surface area contributed by atoms with Crippen molar-refractivity contribution in [2.75, 3.05) is 0 Å². The molecule has 0 aromatic heterocycles. The first-order valence-electron chi connectivity index (χ1n) is 4.60. The number of carboxylic acids is 1.